The Kier molecular flexibility index (Phi) is 5.27. The Morgan fingerprint density at radius 1 is 1.30 bits per heavy atom. The number of amides is 1. The molecule has 0 saturated heterocycles. The van der Waals surface area contributed by atoms with Crippen molar-refractivity contribution < 1.29 is 4.79 Å². The summed E-state index contributed by atoms with van der Waals surface area (Å²) in [5.74, 6) is 0.797. The predicted octanol–water partition coefficient (Wildman–Crippen LogP) is 3.07. The minimum atomic E-state index is -0.172. The SMILES string of the molecule is CCc1nn2c(=O)cc(CSCC(=O)Nc3ccc4c(c3)CCC4)nc2s1. The summed E-state index contributed by atoms with van der Waals surface area (Å²) in [4.78, 5) is 29.4. The van der Waals surface area contributed by atoms with Gasteiger partial charge in [0.25, 0.3) is 5.56 Å². The monoisotopic (exact) mass is 400 g/mol. The number of rotatable bonds is 6. The number of hydrogen-bond acceptors (Lipinski definition) is 6. The Morgan fingerprint density at radius 2 is 2.15 bits per heavy atom. The van der Waals surface area contributed by atoms with E-state index in [2.05, 4.69) is 27.5 Å². The van der Waals surface area contributed by atoms with Crippen LogP contribution in [0.5, 0.6) is 0 Å². The molecule has 1 aliphatic rings. The highest BCUT2D eigenvalue weighted by Crippen LogP contribution is 2.25. The van der Waals surface area contributed by atoms with Gasteiger partial charge in [-0.2, -0.15) is 9.61 Å². The van der Waals surface area contributed by atoms with Gasteiger partial charge in [0.05, 0.1) is 11.4 Å². The molecule has 0 bridgehead atoms. The topological polar surface area (TPSA) is 76.4 Å². The lowest BCUT2D eigenvalue weighted by Gasteiger charge is -2.07. The van der Waals surface area contributed by atoms with Crippen LogP contribution >= 0.6 is 23.1 Å². The molecular formula is C19H20N4O2S2. The van der Waals surface area contributed by atoms with Crippen molar-refractivity contribution in [2.45, 2.75) is 38.4 Å². The molecule has 0 aliphatic heterocycles. The van der Waals surface area contributed by atoms with Crippen molar-refractivity contribution in [3.05, 3.63) is 56.4 Å². The number of aryl methyl sites for hydroxylation is 3. The van der Waals surface area contributed by atoms with Crippen LogP contribution in [0.4, 0.5) is 5.69 Å². The molecule has 0 unspecified atom stereocenters. The zero-order valence-corrected chi connectivity index (χ0v) is 16.7. The van der Waals surface area contributed by atoms with Crippen molar-refractivity contribution >= 4 is 39.7 Å². The predicted molar refractivity (Wildman–Crippen MR) is 110 cm³/mol. The molecule has 4 rings (SSSR count). The van der Waals surface area contributed by atoms with Crippen LogP contribution in [0.1, 0.15) is 35.2 Å². The molecule has 2 heterocycles. The van der Waals surface area contributed by atoms with Crippen LogP contribution in [0, 0.1) is 0 Å². The Bertz CT molecular complexity index is 1060. The maximum atomic E-state index is 12.2. The number of nitrogens with zero attached hydrogens (tertiary/aromatic N) is 3. The first-order valence-corrected chi connectivity index (χ1v) is 11.0. The van der Waals surface area contributed by atoms with Gasteiger partial charge >= 0.3 is 0 Å². The van der Waals surface area contributed by atoms with Gasteiger partial charge in [-0.1, -0.05) is 24.3 Å². The molecule has 1 amide bonds. The van der Waals surface area contributed by atoms with E-state index in [1.165, 1.54) is 51.2 Å². The van der Waals surface area contributed by atoms with Gasteiger partial charge in [-0.3, -0.25) is 9.59 Å². The van der Waals surface area contributed by atoms with E-state index in [0.717, 1.165) is 30.0 Å². The maximum absolute atomic E-state index is 12.2. The Labute approximate surface area is 165 Å². The highest BCUT2D eigenvalue weighted by atomic mass is 32.2. The van der Waals surface area contributed by atoms with E-state index in [-0.39, 0.29) is 11.5 Å². The summed E-state index contributed by atoms with van der Waals surface area (Å²) < 4.78 is 1.35. The first kappa shape index (κ1) is 18.2. The van der Waals surface area contributed by atoms with Gasteiger partial charge in [0.1, 0.15) is 5.01 Å². The Hall–Kier alpha value is -2.19. The van der Waals surface area contributed by atoms with E-state index in [9.17, 15) is 9.59 Å². The van der Waals surface area contributed by atoms with E-state index in [0.29, 0.717) is 22.2 Å². The average Bonchev–Trinajstić information content (AvgIpc) is 3.27. The molecular weight excluding hydrogens is 380 g/mol. The number of nitrogens with one attached hydrogen (secondary N) is 1. The minimum Gasteiger partial charge on any atom is -0.325 e. The second-order valence-corrected chi connectivity index (χ2v) is 8.53. The van der Waals surface area contributed by atoms with Gasteiger partial charge < -0.3 is 5.32 Å². The molecule has 140 valence electrons. The third-order valence-electron chi connectivity index (χ3n) is 4.51. The highest BCUT2D eigenvalue weighted by Gasteiger charge is 2.12. The van der Waals surface area contributed by atoms with Crippen LogP contribution in [0.3, 0.4) is 0 Å². The van der Waals surface area contributed by atoms with Crippen LogP contribution in [0.15, 0.2) is 29.1 Å². The number of carbonyl (C=O) groups excluding carboxylic acids is 1. The van der Waals surface area contributed by atoms with Gasteiger partial charge in [0.15, 0.2) is 0 Å². The smallest absolute Gasteiger partial charge is 0.275 e. The largest absolute Gasteiger partial charge is 0.325 e. The molecule has 0 fully saturated rings. The lowest BCUT2D eigenvalue weighted by Crippen LogP contribution is -2.16. The van der Waals surface area contributed by atoms with Crippen molar-refractivity contribution in [1.82, 2.24) is 14.6 Å². The lowest BCUT2D eigenvalue weighted by molar-refractivity contribution is -0.113. The van der Waals surface area contributed by atoms with Crippen LogP contribution in [-0.2, 0) is 29.8 Å². The lowest BCUT2D eigenvalue weighted by atomic mass is 10.1. The second kappa shape index (κ2) is 7.82. The number of anilines is 1. The summed E-state index contributed by atoms with van der Waals surface area (Å²) >= 11 is 2.88. The van der Waals surface area contributed by atoms with Crippen molar-refractivity contribution in [1.29, 1.82) is 0 Å². The Morgan fingerprint density at radius 3 is 3.00 bits per heavy atom. The number of aromatic nitrogens is 3. The minimum absolute atomic E-state index is 0.0400. The molecule has 6 nitrogen and oxygen atoms in total. The fourth-order valence-corrected chi connectivity index (χ4v) is 4.78. The molecule has 1 aromatic carbocycles. The fraction of sp³-hybridized carbons (Fsp3) is 0.368. The molecule has 1 N–H and O–H groups in total. The first-order valence-electron chi connectivity index (χ1n) is 9.00. The van der Waals surface area contributed by atoms with Gasteiger partial charge in [-0.05, 0) is 48.9 Å². The maximum Gasteiger partial charge on any atom is 0.275 e. The number of thioether (sulfide) groups is 1. The van der Waals surface area contributed by atoms with Gasteiger partial charge in [-0.15, -0.1) is 11.8 Å². The summed E-state index contributed by atoms with van der Waals surface area (Å²) in [5, 5.41) is 8.08. The van der Waals surface area contributed by atoms with Crippen LogP contribution in [0.2, 0.25) is 0 Å². The van der Waals surface area contributed by atoms with E-state index < -0.39 is 0 Å². The molecule has 0 radical (unpaired) electrons. The van der Waals surface area contributed by atoms with Crippen LogP contribution < -0.4 is 10.9 Å². The van der Waals surface area contributed by atoms with Crippen LogP contribution in [-0.4, -0.2) is 26.3 Å². The van der Waals surface area contributed by atoms with Gasteiger partial charge in [-0.25, -0.2) is 4.98 Å². The number of benzene rings is 1. The van der Waals surface area contributed by atoms with Crippen LogP contribution in [0.25, 0.3) is 4.96 Å². The summed E-state index contributed by atoms with van der Waals surface area (Å²) in [7, 11) is 0. The molecule has 0 spiro atoms. The van der Waals surface area contributed by atoms with Crippen molar-refractivity contribution in [3.8, 4) is 0 Å². The van der Waals surface area contributed by atoms with E-state index in [4.69, 9.17) is 0 Å². The summed E-state index contributed by atoms with van der Waals surface area (Å²) in [6, 6.07) is 7.66. The molecule has 8 heteroatoms. The third kappa shape index (κ3) is 4.06. The van der Waals surface area contributed by atoms with E-state index >= 15 is 0 Å². The van der Waals surface area contributed by atoms with E-state index in [1.807, 2.05) is 13.0 Å². The fourth-order valence-electron chi connectivity index (χ4n) is 3.21. The molecule has 0 saturated carbocycles. The molecule has 2 aromatic heterocycles. The molecule has 0 atom stereocenters. The number of hydrogen-bond donors (Lipinski definition) is 1. The van der Waals surface area contributed by atoms with Crippen molar-refractivity contribution in [3.63, 3.8) is 0 Å². The van der Waals surface area contributed by atoms with Gasteiger partial charge in [0, 0.05) is 17.5 Å². The molecule has 27 heavy (non-hydrogen) atoms. The summed E-state index contributed by atoms with van der Waals surface area (Å²) in [5.41, 5.74) is 4.10. The molecule has 1 aliphatic carbocycles. The normalized spacial score (nSPS) is 13.1. The quantitative estimate of drug-likeness (QED) is 0.688. The van der Waals surface area contributed by atoms with E-state index in [1.54, 1.807) is 0 Å². The number of fused-ring (bicyclic) bond motifs is 2. The van der Waals surface area contributed by atoms with Gasteiger partial charge in [0.2, 0.25) is 10.9 Å². The first-order chi connectivity index (χ1) is 13.1. The molecule has 3 aromatic rings. The third-order valence-corrected chi connectivity index (χ3v) is 6.53. The number of carbonyl (C=O) groups is 1. The zero-order chi connectivity index (χ0) is 18.8. The standard InChI is InChI=1S/C19H20N4O2S2/c1-2-17-22-23-18(25)9-15(21-19(23)27-17)10-26-11-16(24)20-14-7-6-12-4-3-5-13(12)8-14/h6-9H,2-5,10-11H2,1H3,(H,20,24). The van der Waals surface area contributed by atoms with Crippen molar-refractivity contribution in [2.75, 3.05) is 11.1 Å². The summed E-state index contributed by atoms with van der Waals surface area (Å²) in [6.45, 7) is 2.00. The average molecular weight is 401 g/mol. The Balaban J connectivity index is 1.34. The van der Waals surface area contributed by atoms with Crippen molar-refractivity contribution in [2.24, 2.45) is 0 Å². The second-order valence-electron chi connectivity index (χ2n) is 6.51. The summed E-state index contributed by atoms with van der Waals surface area (Å²) in [6.07, 6.45) is 4.20. The zero-order valence-electron chi connectivity index (χ0n) is 15.0. The highest BCUT2D eigenvalue weighted by molar-refractivity contribution is 7.99.